The normalized spacial score (nSPS) is 10.3. The van der Waals surface area contributed by atoms with Gasteiger partial charge < -0.3 is 15.1 Å². The molecular formula is C20H24N4O4. The number of hydrogen-bond acceptors (Lipinski definition) is 5. The van der Waals surface area contributed by atoms with E-state index in [1.54, 1.807) is 54.2 Å². The number of benzene rings is 2. The molecule has 0 aliphatic rings. The van der Waals surface area contributed by atoms with Crippen molar-refractivity contribution in [2.45, 2.75) is 13.8 Å². The summed E-state index contributed by atoms with van der Waals surface area (Å²) in [4.78, 5) is 38.9. The third-order valence-corrected chi connectivity index (χ3v) is 4.36. The van der Waals surface area contributed by atoms with Crippen molar-refractivity contribution in [3.8, 4) is 0 Å². The van der Waals surface area contributed by atoms with Crippen LogP contribution in [0.25, 0.3) is 0 Å². The van der Waals surface area contributed by atoms with E-state index in [1.807, 2.05) is 13.8 Å². The zero-order valence-electron chi connectivity index (χ0n) is 16.4. The van der Waals surface area contributed by atoms with E-state index in [1.165, 1.54) is 12.1 Å². The number of hydrogen-bond donors (Lipinski definition) is 1. The van der Waals surface area contributed by atoms with E-state index in [0.717, 1.165) is 0 Å². The number of nitrogens with zero attached hydrogens (tertiary/aromatic N) is 3. The summed E-state index contributed by atoms with van der Waals surface area (Å²) in [7, 11) is 3.40. The van der Waals surface area contributed by atoms with Crippen LogP contribution in [-0.4, -0.2) is 48.8 Å². The molecule has 0 aliphatic heterocycles. The van der Waals surface area contributed by atoms with Crippen LogP contribution in [-0.2, 0) is 0 Å². The van der Waals surface area contributed by atoms with E-state index in [-0.39, 0.29) is 17.2 Å². The Hall–Kier alpha value is -3.42. The molecule has 2 amide bonds. The molecule has 2 rings (SSSR count). The van der Waals surface area contributed by atoms with Crippen LogP contribution in [0.5, 0.6) is 0 Å². The summed E-state index contributed by atoms with van der Waals surface area (Å²) in [5.74, 6) is -0.533. The number of nitro groups is 1. The molecule has 0 aromatic heterocycles. The van der Waals surface area contributed by atoms with Crippen molar-refractivity contribution in [3.63, 3.8) is 0 Å². The standard InChI is InChI=1S/C20H24N4O4/c1-5-23(6-2)20(26)14-7-10-16(11-8-14)21-19(25)15-9-12-17(22(3)4)18(13-15)24(27)28/h7-13H,5-6H2,1-4H3,(H,21,25). The van der Waals surface area contributed by atoms with Gasteiger partial charge in [0.2, 0.25) is 0 Å². The van der Waals surface area contributed by atoms with Gasteiger partial charge in [-0.3, -0.25) is 19.7 Å². The molecule has 0 saturated carbocycles. The van der Waals surface area contributed by atoms with E-state index in [9.17, 15) is 19.7 Å². The summed E-state index contributed by atoms with van der Waals surface area (Å²) in [5, 5.41) is 14.0. The lowest BCUT2D eigenvalue weighted by Gasteiger charge is -2.18. The molecule has 2 aromatic carbocycles. The molecule has 2 aromatic rings. The van der Waals surface area contributed by atoms with Gasteiger partial charge in [-0.15, -0.1) is 0 Å². The molecule has 28 heavy (non-hydrogen) atoms. The van der Waals surface area contributed by atoms with Crippen molar-refractivity contribution in [3.05, 3.63) is 63.7 Å². The van der Waals surface area contributed by atoms with Crippen molar-refractivity contribution in [2.24, 2.45) is 0 Å². The Balaban J connectivity index is 2.18. The number of nitrogens with one attached hydrogen (secondary N) is 1. The lowest BCUT2D eigenvalue weighted by Crippen LogP contribution is -2.30. The summed E-state index contributed by atoms with van der Waals surface area (Å²) >= 11 is 0. The van der Waals surface area contributed by atoms with Crippen molar-refractivity contribution < 1.29 is 14.5 Å². The highest BCUT2D eigenvalue weighted by Gasteiger charge is 2.19. The third-order valence-electron chi connectivity index (χ3n) is 4.36. The fourth-order valence-corrected chi connectivity index (χ4v) is 2.78. The van der Waals surface area contributed by atoms with Gasteiger partial charge in [0, 0.05) is 50.1 Å². The van der Waals surface area contributed by atoms with E-state index < -0.39 is 10.8 Å². The second kappa shape index (κ2) is 8.98. The first-order valence-corrected chi connectivity index (χ1v) is 8.94. The molecule has 0 spiro atoms. The highest BCUT2D eigenvalue weighted by atomic mass is 16.6. The molecule has 0 saturated heterocycles. The Kier molecular flexibility index (Phi) is 6.70. The lowest BCUT2D eigenvalue weighted by molar-refractivity contribution is -0.384. The number of carbonyl (C=O) groups is 2. The van der Waals surface area contributed by atoms with Gasteiger partial charge in [-0.05, 0) is 50.2 Å². The Bertz CT molecular complexity index is 874. The molecular weight excluding hydrogens is 360 g/mol. The van der Waals surface area contributed by atoms with Crippen LogP contribution in [0, 0.1) is 10.1 Å². The average molecular weight is 384 g/mol. The van der Waals surface area contributed by atoms with Gasteiger partial charge >= 0.3 is 0 Å². The van der Waals surface area contributed by atoms with Gasteiger partial charge in [0.15, 0.2) is 0 Å². The maximum atomic E-state index is 12.5. The van der Waals surface area contributed by atoms with Crippen molar-refractivity contribution >= 4 is 28.9 Å². The Morgan fingerprint density at radius 2 is 1.57 bits per heavy atom. The minimum atomic E-state index is -0.514. The van der Waals surface area contributed by atoms with Gasteiger partial charge in [-0.2, -0.15) is 0 Å². The summed E-state index contributed by atoms with van der Waals surface area (Å²) in [6.45, 7) is 5.07. The predicted molar refractivity (Wildman–Crippen MR) is 109 cm³/mol. The van der Waals surface area contributed by atoms with E-state index in [4.69, 9.17) is 0 Å². The fraction of sp³-hybridized carbons (Fsp3) is 0.300. The summed E-state index contributed by atoms with van der Waals surface area (Å²) in [6, 6.07) is 10.9. The van der Waals surface area contributed by atoms with Gasteiger partial charge in [0.25, 0.3) is 17.5 Å². The number of amides is 2. The molecule has 0 aliphatic carbocycles. The van der Waals surface area contributed by atoms with Gasteiger partial charge in [0.05, 0.1) is 4.92 Å². The largest absolute Gasteiger partial charge is 0.372 e. The van der Waals surface area contributed by atoms with Crippen LogP contribution in [0.15, 0.2) is 42.5 Å². The highest BCUT2D eigenvalue weighted by Crippen LogP contribution is 2.28. The average Bonchev–Trinajstić information content (AvgIpc) is 2.68. The van der Waals surface area contributed by atoms with Crippen molar-refractivity contribution in [2.75, 3.05) is 37.4 Å². The lowest BCUT2D eigenvalue weighted by atomic mass is 10.1. The van der Waals surface area contributed by atoms with E-state index in [0.29, 0.717) is 30.0 Å². The van der Waals surface area contributed by atoms with E-state index >= 15 is 0 Å². The molecule has 1 N–H and O–H groups in total. The molecule has 8 nitrogen and oxygen atoms in total. The first kappa shape index (κ1) is 20.9. The predicted octanol–water partition coefficient (Wildman–Crippen LogP) is 3.40. The van der Waals surface area contributed by atoms with Crippen LogP contribution in [0.3, 0.4) is 0 Å². The van der Waals surface area contributed by atoms with Crippen LogP contribution >= 0.6 is 0 Å². The minimum absolute atomic E-state index is 0.0715. The summed E-state index contributed by atoms with van der Waals surface area (Å²) < 4.78 is 0. The quantitative estimate of drug-likeness (QED) is 0.583. The van der Waals surface area contributed by atoms with Gasteiger partial charge in [0.1, 0.15) is 5.69 Å². The smallest absolute Gasteiger partial charge is 0.293 e. The molecule has 8 heteroatoms. The topological polar surface area (TPSA) is 95.8 Å². The second-order valence-electron chi connectivity index (χ2n) is 6.36. The van der Waals surface area contributed by atoms with Crippen LogP contribution in [0.2, 0.25) is 0 Å². The maximum Gasteiger partial charge on any atom is 0.293 e. The first-order valence-electron chi connectivity index (χ1n) is 8.94. The Morgan fingerprint density at radius 3 is 2.07 bits per heavy atom. The van der Waals surface area contributed by atoms with Crippen LogP contribution in [0.4, 0.5) is 17.1 Å². The summed E-state index contributed by atoms with van der Waals surface area (Å²) in [6.07, 6.45) is 0. The zero-order chi connectivity index (χ0) is 20.8. The van der Waals surface area contributed by atoms with Crippen LogP contribution < -0.4 is 10.2 Å². The number of anilines is 2. The van der Waals surface area contributed by atoms with Crippen LogP contribution in [0.1, 0.15) is 34.6 Å². The number of rotatable bonds is 7. The zero-order valence-corrected chi connectivity index (χ0v) is 16.4. The molecule has 0 bridgehead atoms. The number of nitro benzene ring substituents is 1. The molecule has 0 atom stereocenters. The maximum absolute atomic E-state index is 12.5. The number of carbonyl (C=O) groups excluding carboxylic acids is 2. The third kappa shape index (κ3) is 4.64. The highest BCUT2D eigenvalue weighted by molar-refractivity contribution is 6.05. The fourth-order valence-electron chi connectivity index (χ4n) is 2.78. The Morgan fingerprint density at radius 1 is 1.00 bits per heavy atom. The monoisotopic (exact) mass is 384 g/mol. The molecule has 148 valence electrons. The molecule has 0 radical (unpaired) electrons. The SMILES string of the molecule is CCN(CC)C(=O)c1ccc(NC(=O)c2ccc(N(C)C)c([N+](=O)[O-])c2)cc1. The Labute approximate surface area is 163 Å². The molecule has 0 heterocycles. The minimum Gasteiger partial charge on any atom is -0.372 e. The van der Waals surface area contributed by atoms with Gasteiger partial charge in [-0.25, -0.2) is 0 Å². The summed E-state index contributed by atoms with van der Waals surface area (Å²) in [5.41, 5.74) is 1.49. The second-order valence-corrected chi connectivity index (χ2v) is 6.36. The first-order chi connectivity index (χ1) is 13.3. The van der Waals surface area contributed by atoms with Crippen molar-refractivity contribution in [1.29, 1.82) is 0 Å². The molecule has 0 fully saturated rings. The van der Waals surface area contributed by atoms with Gasteiger partial charge in [-0.1, -0.05) is 0 Å². The van der Waals surface area contributed by atoms with E-state index in [2.05, 4.69) is 5.32 Å². The molecule has 0 unspecified atom stereocenters. The van der Waals surface area contributed by atoms with Crippen molar-refractivity contribution in [1.82, 2.24) is 4.90 Å².